The van der Waals surface area contributed by atoms with Gasteiger partial charge in [-0.25, -0.2) is 0 Å². The topological polar surface area (TPSA) is 30.3 Å². The van der Waals surface area contributed by atoms with Gasteiger partial charge in [0.1, 0.15) is 0 Å². The van der Waals surface area contributed by atoms with Crippen LogP contribution in [0.2, 0.25) is 0 Å². The van der Waals surface area contributed by atoms with Crippen molar-refractivity contribution < 1.29 is 26.3 Å². The first-order valence-electron chi connectivity index (χ1n) is 3.87. The Morgan fingerprint density at radius 2 is 0.938 bits per heavy atom. The third-order valence-corrected chi connectivity index (χ3v) is 1.17. The molecule has 0 unspecified atom stereocenters. The van der Waals surface area contributed by atoms with E-state index in [1.807, 2.05) is 28.2 Å². The van der Waals surface area contributed by atoms with Crippen molar-refractivity contribution in [1.82, 2.24) is 9.80 Å². The van der Waals surface area contributed by atoms with Gasteiger partial charge in [0, 0.05) is 28.2 Å². The van der Waals surface area contributed by atoms with E-state index in [0.29, 0.717) is 5.96 Å². The van der Waals surface area contributed by atoms with Gasteiger partial charge in [-0.2, -0.15) is 26.3 Å². The fourth-order valence-electron chi connectivity index (χ4n) is 0.400. The molecule has 16 heavy (non-hydrogen) atoms. The quantitative estimate of drug-likeness (QED) is 0.407. The molecule has 0 aromatic heterocycles. The SMILES string of the molecule is CN(C)C(=N)N(C)C.FC(F)(F)C(F)(F)F. The summed E-state index contributed by atoms with van der Waals surface area (Å²) in [6.07, 6.45) is -12.1. The van der Waals surface area contributed by atoms with Crippen molar-refractivity contribution in [3.8, 4) is 0 Å². The molecule has 0 aliphatic rings. The summed E-state index contributed by atoms with van der Waals surface area (Å²) >= 11 is 0. The largest absolute Gasteiger partial charge is 0.487 e. The molecule has 0 saturated carbocycles. The summed E-state index contributed by atoms with van der Waals surface area (Å²) in [6.45, 7) is 0. The van der Waals surface area contributed by atoms with E-state index >= 15 is 0 Å². The lowest BCUT2D eigenvalue weighted by Crippen LogP contribution is -2.34. The molecule has 0 aromatic rings. The summed E-state index contributed by atoms with van der Waals surface area (Å²) in [5, 5.41) is 7.25. The number of hydrogen-bond acceptors (Lipinski definition) is 1. The van der Waals surface area contributed by atoms with E-state index in [1.54, 1.807) is 9.80 Å². The molecule has 0 radical (unpaired) electrons. The van der Waals surface area contributed by atoms with Crippen LogP contribution in [0.3, 0.4) is 0 Å². The third kappa shape index (κ3) is 7.18. The average molecular weight is 253 g/mol. The Kier molecular flexibility index (Phi) is 6.26. The number of guanidine groups is 1. The fourth-order valence-corrected chi connectivity index (χ4v) is 0.400. The maximum absolute atomic E-state index is 10.4. The van der Waals surface area contributed by atoms with E-state index in [4.69, 9.17) is 5.41 Å². The van der Waals surface area contributed by atoms with Crippen LogP contribution >= 0.6 is 0 Å². The van der Waals surface area contributed by atoms with E-state index in [-0.39, 0.29) is 0 Å². The van der Waals surface area contributed by atoms with Crippen LogP contribution in [0.25, 0.3) is 0 Å². The van der Waals surface area contributed by atoms with Crippen LogP contribution in [0.5, 0.6) is 0 Å². The molecule has 9 heteroatoms. The van der Waals surface area contributed by atoms with Gasteiger partial charge in [0.25, 0.3) is 0 Å². The standard InChI is InChI=1S/C5H13N3.C2F6/c1-7(2)5(6)8(3)4;3-1(4,5)2(6,7)8/h6H,1-4H3;. The number of hydrogen-bond donors (Lipinski definition) is 1. The van der Waals surface area contributed by atoms with Crippen molar-refractivity contribution in [3.05, 3.63) is 0 Å². The molecule has 0 aliphatic carbocycles. The van der Waals surface area contributed by atoms with Gasteiger partial charge in [-0.05, 0) is 0 Å². The maximum atomic E-state index is 10.4. The lowest BCUT2D eigenvalue weighted by molar-refractivity contribution is -0.339. The highest BCUT2D eigenvalue weighted by Gasteiger charge is 2.58. The molecule has 0 bridgehead atoms. The lowest BCUT2D eigenvalue weighted by atomic mass is 10.7. The normalized spacial score (nSPS) is 11.4. The van der Waals surface area contributed by atoms with E-state index in [1.165, 1.54) is 0 Å². The predicted molar refractivity (Wildman–Crippen MR) is 47.2 cm³/mol. The van der Waals surface area contributed by atoms with Crippen molar-refractivity contribution in [2.24, 2.45) is 0 Å². The second kappa shape index (κ2) is 5.80. The molecule has 0 rings (SSSR count). The Labute approximate surface area is 89.1 Å². The molecule has 0 spiro atoms. The van der Waals surface area contributed by atoms with Crippen LogP contribution in [0.1, 0.15) is 0 Å². The predicted octanol–water partition coefficient (Wildman–Crippen LogP) is 2.16. The third-order valence-electron chi connectivity index (χ3n) is 1.17. The van der Waals surface area contributed by atoms with Crippen LogP contribution in [0.15, 0.2) is 0 Å². The monoisotopic (exact) mass is 253 g/mol. The Hall–Kier alpha value is -1.15. The van der Waals surface area contributed by atoms with Gasteiger partial charge in [-0.15, -0.1) is 0 Å². The van der Waals surface area contributed by atoms with Crippen molar-refractivity contribution in [2.45, 2.75) is 12.4 Å². The zero-order chi connectivity index (χ0) is 13.7. The van der Waals surface area contributed by atoms with E-state index in [2.05, 4.69) is 0 Å². The number of rotatable bonds is 0. The smallest absolute Gasteiger partial charge is 0.349 e. The molecule has 98 valence electrons. The zero-order valence-electron chi connectivity index (χ0n) is 9.16. The summed E-state index contributed by atoms with van der Waals surface area (Å²) in [5.41, 5.74) is 0. The first-order chi connectivity index (χ1) is 6.80. The van der Waals surface area contributed by atoms with Crippen LogP contribution in [-0.2, 0) is 0 Å². The molecule has 0 amide bonds. The second-order valence-corrected chi connectivity index (χ2v) is 3.11. The number of alkyl halides is 6. The van der Waals surface area contributed by atoms with E-state index < -0.39 is 12.4 Å². The van der Waals surface area contributed by atoms with Gasteiger partial charge in [0.05, 0.1) is 0 Å². The first-order valence-corrected chi connectivity index (χ1v) is 3.87. The van der Waals surface area contributed by atoms with Crippen molar-refractivity contribution in [3.63, 3.8) is 0 Å². The van der Waals surface area contributed by atoms with Crippen molar-refractivity contribution >= 4 is 5.96 Å². The lowest BCUT2D eigenvalue weighted by Gasteiger charge is -2.19. The Morgan fingerprint density at radius 1 is 0.750 bits per heavy atom. The van der Waals surface area contributed by atoms with Gasteiger partial charge in [0.2, 0.25) is 0 Å². The summed E-state index contributed by atoms with van der Waals surface area (Å²) in [7, 11) is 7.40. The van der Waals surface area contributed by atoms with Gasteiger partial charge in [-0.3, -0.25) is 5.41 Å². The number of halogens is 6. The molecule has 3 nitrogen and oxygen atoms in total. The molecular weight excluding hydrogens is 240 g/mol. The van der Waals surface area contributed by atoms with Crippen molar-refractivity contribution in [2.75, 3.05) is 28.2 Å². The molecule has 0 aromatic carbocycles. The molecule has 0 heterocycles. The summed E-state index contributed by atoms with van der Waals surface area (Å²) in [5.74, 6) is 0.519. The van der Waals surface area contributed by atoms with Crippen LogP contribution in [-0.4, -0.2) is 56.3 Å². The Balaban J connectivity index is 0. The fraction of sp³-hybridized carbons (Fsp3) is 0.857. The van der Waals surface area contributed by atoms with Crippen molar-refractivity contribution in [1.29, 1.82) is 5.41 Å². The van der Waals surface area contributed by atoms with Crippen LogP contribution in [0, 0.1) is 5.41 Å². The Morgan fingerprint density at radius 3 is 0.938 bits per heavy atom. The van der Waals surface area contributed by atoms with E-state index in [0.717, 1.165) is 0 Å². The minimum Gasteiger partial charge on any atom is -0.349 e. The number of nitrogens with one attached hydrogen (secondary N) is 1. The number of nitrogens with zero attached hydrogens (tertiary/aromatic N) is 2. The molecule has 0 fully saturated rings. The molecule has 0 atom stereocenters. The molecule has 0 saturated heterocycles. The van der Waals surface area contributed by atoms with Gasteiger partial charge >= 0.3 is 12.4 Å². The van der Waals surface area contributed by atoms with Crippen LogP contribution < -0.4 is 0 Å². The molecule has 1 N–H and O–H groups in total. The summed E-state index contributed by atoms with van der Waals surface area (Å²) < 4.78 is 62.6. The highest BCUT2D eigenvalue weighted by molar-refractivity contribution is 5.75. The first kappa shape index (κ1) is 17.3. The van der Waals surface area contributed by atoms with Gasteiger partial charge < -0.3 is 9.80 Å². The van der Waals surface area contributed by atoms with Gasteiger partial charge in [-0.1, -0.05) is 0 Å². The minimum atomic E-state index is -6.06. The Bertz CT molecular complexity index is 195. The van der Waals surface area contributed by atoms with Gasteiger partial charge in [0.15, 0.2) is 5.96 Å². The second-order valence-electron chi connectivity index (χ2n) is 3.11. The highest BCUT2D eigenvalue weighted by Crippen LogP contribution is 2.35. The van der Waals surface area contributed by atoms with Crippen LogP contribution in [0.4, 0.5) is 26.3 Å². The minimum absolute atomic E-state index is 0.519. The molecule has 0 aliphatic heterocycles. The summed E-state index contributed by atoms with van der Waals surface area (Å²) in [6, 6.07) is 0. The maximum Gasteiger partial charge on any atom is 0.487 e. The zero-order valence-corrected chi connectivity index (χ0v) is 9.16. The summed E-state index contributed by atoms with van der Waals surface area (Å²) in [4.78, 5) is 3.50. The highest BCUT2D eigenvalue weighted by atomic mass is 19.5. The average Bonchev–Trinajstić information content (AvgIpc) is 1.99. The van der Waals surface area contributed by atoms with E-state index in [9.17, 15) is 26.3 Å². The molecular formula is C7H13F6N3.